The third-order valence-electron chi connectivity index (χ3n) is 2.60. The summed E-state index contributed by atoms with van der Waals surface area (Å²) in [7, 11) is 1.37. The van der Waals surface area contributed by atoms with Crippen LogP contribution in [0.3, 0.4) is 0 Å². The molecule has 2 aromatic rings. The van der Waals surface area contributed by atoms with Crippen molar-refractivity contribution in [2.45, 2.75) is 19.3 Å². The molecule has 0 atom stereocenters. The molecule has 0 aliphatic heterocycles. The molecule has 0 unspecified atom stereocenters. The van der Waals surface area contributed by atoms with Crippen molar-refractivity contribution in [2.75, 3.05) is 7.11 Å². The fourth-order valence-electron chi connectivity index (χ4n) is 1.51. The number of carbonyl (C=O) groups excluding carboxylic acids is 1. The molecule has 2 aromatic heterocycles. The van der Waals surface area contributed by atoms with Crippen LogP contribution in [0.5, 0.6) is 0 Å². The Bertz CT molecular complexity index is 531. The number of rotatable bonds is 2. The minimum absolute atomic E-state index is 0.309. The Balaban J connectivity index is 2.50. The summed E-state index contributed by atoms with van der Waals surface area (Å²) < 4.78 is 6.55. The summed E-state index contributed by atoms with van der Waals surface area (Å²) in [6.45, 7) is 3.56. The normalized spacial score (nSPS) is 11.7. The maximum Gasteiger partial charge on any atom is 0.317 e. The van der Waals surface area contributed by atoms with E-state index in [-0.39, 0.29) is 5.97 Å². The summed E-state index contributed by atoms with van der Waals surface area (Å²) in [4.78, 5) is 20.0. The minimum atomic E-state index is -0.761. The van der Waals surface area contributed by atoms with Gasteiger partial charge >= 0.3 is 5.97 Å². The maximum absolute atomic E-state index is 11.6. The molecular formula is C11H13N3O2. The Labute approximate surface area is 93.1 Å². The number of carbonyl (C=O) groups is 1. The Kier molecular flexibility index (Phi) is 2.38. The Morgan fingerprint density at radius 1 is 1.44 bits per heavy atom. The van der Waals surface area contributed by atoms with Gasteiger partial charge < -0.3 is 4.74 Å². The molecule has 0 N–H and O–H groups in total. The van der Waals surface area contributed by atoms with Gasteiger partial charge in [-0.2, -0.15) is 0 Å². The van der Waals surface area contributed by atoms with E-state index in [9.17, 15) is 4.79 Å². The number of ether oxygens (including phenoxy) is 1. The van der Waals surface area contributed by atoms with Crippen molar-refractivity contribution >= 4 is 11.7 Å². The first-order chi connectivity index (χ1) is 7.55. The Morgan fingerprint density at radius 3 is 2.88 bits per heavy atom. The lowest BCUT2D eigenvalue weighted by atomic mass is 9.89. The van der Waals surface area contributed by atoms with Crippen LogP contribution in [0.2, 0.25) is 0 Å². The van der Waals surface area contributed by atoms with Gasteiger partial charge in [0.2, 0.25) is 5.78 Å². The van der Waals surface area contributed by atoms with Gasteiger partial charge in [0.15, 0.2) is 0 Å². The van der Waals surface area contributed by atoms with Crippen LogP contribution in [0.15, 0.2) is 24.7 Å². The summed E-state index contributed by atoms with van der Waals surface area (Å²) >= 11 is 0. The summed E-state index contributed by atoms with van der Waals surface area (Å²) in [6.07, 6.45) is 5.30. The van der Waals surface area contributed by atoms with Crippen LogP contribution in [-0.2, 0) is 14.9 Å². The molecule has 0 aliphatic carbocycles. The van der Waals surface area contributed by atoms with Crippen molar-refractivity contribution in [3.63, 3.8) is 0 Å². The van der Waals surface area contributed by atoms with Gasteiger partial charge in [0.05, 0.1) is 12.8 Å². The van der Waals surface area contributed by atoms with Gasteiger partial charge in [0.1, 0.15) is 5.41 Å². The average molecular weight is 219 g/mol. The number of methoxy groups -OCH3 is 1. The van der Waals surface area contributed by atoms with Gasteiger partial charge in [-0.1, -0.05) is 0 Å². The fraction of sp³-hybridized carbons (Fsp3) is 0.364. The van der Waals surface area contributed by atoms with E-state index in [1.807, 2.05) is 6.20 Å². The monoisotopic (exact) mass is 219 g/mol. The number of imidazole rings is 1. The first kappa shape index (κ1) is 10.6. The molecule has 0 fully saturated rings. The van der Waals surface area contributed by atoms with Crippen LogP contribution >= 0.6 is 0 Å². The second-order valence-corrected chi connectivity index (χ2v) is 4.06. The van der Waals surface area contributed by atoms with E-state index in [1.54, 1.807) is 36.7 Å². The molecule has 2 heterocycles. The first-order valence-electron chi connectivity index (χ1n) is 4.94. The van der Waals surface area contributed by atoms with Gasteiger partial charge in [-0.15, -0.1) is 0 Å². The molecule has 84 valence electrons. The molecular weight excluding hydrogens is 206 g/mol. The molecule has 0 saturated carbocycles. The molecule has 0 amide bonds. The van der Waals surface area contributed by atoms with E-state index in [2.05, 4.69) is 9.97 Å². The third kappa shape index (κ3) is 1.54. The molecule has 2 rings (SSSR count). The van der Waals surface area contributed by atoms with Crippen molar-refractivity contribution in [3.05, 3.63) is 30.4 Å². The van der Waals surface area contributed by atoms with Crippen molar-refractivity contribution in [1.82, 2.24) is 14.4 Å². The van der Waals surface area contributed by atoms with E-state index in [0.717, 1.165) is 0 Å². The van der Waals surface area contributed by atoms with Crippen LogP contribution < -0.4 is 0 Å². The van der Waals surface area contributed by atoms with E-state index in [0.29, 0.717) is 11.5 Å². The predicted molar refractivity (Wildman–Crippen MR) is 58.0 cm³/mol. The molecule has 16 heavy (non-hydrogen) atoms. The molecule has 0 aliphatic rings. The largest absolute Gasteiger partial charge is 0.468 e. The van der Waals surface area contributed by atoms with Crippen LogP contribution in [0, 0.1) is 0 Å². The van der Waals surface area contributed by atoms with E-state index < -0.39 is 5.41 Å². The Morgan fingerprint density at radius 2 is 2.19 bits per heavy atom. The van der Waals surface area contributed by atoms with Crippen molar-refractivity contribution < 1.29 is 9.53 Å². The van der Waals surface area contributed by atoms with E-state index in [1.165, 1.54) is 7.11 Å². The topological polar surface area (TPSA) is 56.5 Å². The van der Waals surface area contributed by atoms with Crippen LogP contribution in [0.4, 0.5) is 0 Å². The standard InChI is InChI=1S/C11H13N3O2/c1-11(2,9(15)16-3)8-4-6-14-7-5-12-10(14)13-8/h4-7H,1-3H3. The lowest BCUT2D eigenvalue weighted by Gasteiger charge is -2.20. The fourth-order valence-corrected chi connectivity index (χ4v) is 1.51. The SMILES string of the molecule is COC(=O)C(C)(C)c1ccn2ccnc2n1. The number of aromatic nitrogens is 3. The van der Waals surface area contributed by atoms with Crippen LogP contribution in [0.25, 0.3) is 5.78 Å². The molecule has 0 radical (unpaired) electrons. The Hall–Kier alpha value is -1.91. The van der Waals surface area contributed by atoms with Crippen LogP contribution in [0.1, 0.15) is 19.5 Å². The third-order valence-corrected chi connectivity index (χ3v) is 2.60. The van der Waals surface area contributed by atoms with Crippen molar-refractivity contribution in [1.29, 1.82) is 0 Å². The smallest absolute Gasteiger partial charge is 0.317 e. The highest BCUT2D eigenvalue weighted by Gasteiger charge is 2.32. The quantitative estimate of drug-likeness (QED) is 0.712. The number of fused-ring (bicyclic) bond motifs is 1. The van der Waals surface area contributed by atoms with Gasteiger partial charge in [-0.3, -0.25) is 9.20 Å². The zero-order valence-electron chi connectivity index (χ0n) is 9.47. The maximum atomic E-state index is 11.6. The predicted octanol–water partition coefficient (Wildman–Crippen LogP) is 1.18. The zero-order chi connectivity index (χ0) is 11.8. The van der Waals surface area contributed by atoms with E-state index >= 15 is 0 Å². The zero-order valence-corrected chi connectivity index (χ0v) is 9.47. The number of esters is 1. The number of nitrogens with zero attached hydrogens (tertiary/aromatic N) is 3. The van der Waals surface area contributed by atoms with Crippen LogP contribution in [-0.4, -0.2) is 27.4 Å². The van der Waals surface area contributed by atoms with Crippen molar-refractivity contribution in [3.8, 4) is 0 Å². The molecule has 0 saturated heterocycles. The van der Waals surface area contributed by atoms with Gasteiger partial charge in [-0.05, 0) is 19.9 Å². The second-order valence-electron chi connectivity index (χ2n) is 4.06. The van der Waals surface area contributed by atoms with E-state index in [4.69, 9.17) is 4.74 Å². The summed E-state index contributed by atoms with van der Waals surface area (Å²) in [5, 5.41) is 0. The second kappa shape index (κ2) is 3.59. The first-order valence-corrected chi connectivity index (χ1v) is 4.94. The van der Waals surface area contributed by atoms with Gasteiger partial charge in [0.25, 0.3) is 0 Å². The highest BCUT2D eigenvalue weighted by molar-refractivity contribution is 5.81. The highest BCUT2D eigenvalue weighted by atomic mass is 16.5. The average Bonchev–Trinajstić information content (AvgIpc) is 2.74. The summed E-state index contributed by atoms with van der Waals surface area (Å²) in [5.74, 6) is 0.269. The lowest BCUT2D eigenvalue weighted by molar-refractivity contribution is -0.146. The van der Waals surface area contributed by atoms with Gasteiger partial charge in [0, 0.05) is 18.6 Å². The van der Waals surface area contributed by atoms with Gasteiger partial charge in [-0.25, -0.2) is 9.97 Å². The molecule has 0 aromatic carbocycles. The summed E-state index contributed by atoms with van der Waals surface area (Å²) in [5.41, 5.74) is -0.110. The molecule has 0 spiro atoms. The molecule has 5 heteroatoms. The summed E-state index contributed by atoms with van der Waals surface area (Å²) in [6, 6.07) is 1.80. The number of hydrogen-bond acceptors (Lipinski definition) is 4. The van der Waals surface area contributed by atoms with Crippen molar-refractivity contribution in [2.24, 2.45) is 0 Å². The minimum Gasteiger partial charge on any atom is -0.468 e. The molecule has 0 bridgehead atoms. The highest BCUT2D eigenvalue weighted by Crippen LogP contribution is 2.22. The molecule has 5 nitrogen and oxygen atoms in total. The number of hydrogen-bond donors (Lipinski definition) is 0. The lowest BCUT2D eigenvalue weighted by Crippen LogP contribution is -2.31.